The molecular formula is C13H18N2O. The van der Waals surface area contributed by atoms with Crippen molar-refractivity contribution in [2.24, 2.45) is 5.92 Å². The van der Waals surface area contributed by atoms with Crippen molar-refractivity contribution in [1.82, 2.24) is 9.88 Å². The normalized spacial score (nSPS) is 37.6. The summed E-state index contributed by atoms with van der Waals surface area (Å²) in [7, 11) is 0. The molecule has 1 aromatic rings. The molecule has 0 unspecified atom stereocenters. The summed E-state index contributed by atoms with van der Waals surface area (Å²) in [4.78, 5) is 6.58. The molecule has 2 bridgehead atoms. The first-order chi connectivity index (χ1) is 7.84. The van der Waals surface area contributed by atoms with E-state index in [4.69, 9.17) is 0 Å². The molecule has 0 radical (unpaired) electrons. The van der Waals surface area contributed by atoms with Crippen molar-refractivity contribution in [3.63, 3.8) is 0 Å². The second-order valence-electron chi connectivity index (χ2n) is 5.00. The summed E-state index contributed by atoms with van der Waals surface area (Å²) in [6.07, 6.45) is 6.85. The first kappa shape index (κ1) is 10.2. The number of aromatic nitrogens is 1. The minimum Gasteiger partial charge on any atom is -0.391 e. The van der Waals surface area contributed by atoms with Gasteiger partial charge in [-0.3, -0.25) is 9.88 Å². The Morgan fingerprint density at radius 2 is 2.19 bits per heavy atom. The van der Waals surface area contributed by atoms with Gasteiger partial charge >= 0.3 is 0 Å². The fourth-order valence-electron chi connectivity index (χ4n) is 3.13. The third kappa shape index (κ3) is 1.74. The minimum atomic E-state index is -0.136. The number of hydrogen-bond acceptors (Lipinski definition) is 3. The Bertz CT molecular complexity index is 344. The Labute approximate surface area is 96.1 Å². The fourth-order valence-corrected chi connectivity index (χ4v) is 3.13. The van der Waals surface area contributed by atoms with Crippen molar-refractivity contribution in [2.45, 2.75) is 31.4 Å². The number of rotatable bonds is 2. The standard InChI is InChI=1S/C13H18N2O/c16-13-11-3-6-15(7-4-11)12(13)8-10-2-1-5-14-9-10/h1-2,5,9,11-13,16H,3-4,6-8H2/t12-,13-/m0/s1. The predicted molar refractivity (Wildman–Crippen MR) is 62.0 cm³/mol. The number of fused-ring (bicyclic) bond motifs is 3. The number of aliphatic hydroxyl groups is 1. The van der Waals surface area contributed by atoms with Gasteiger partial charge in [0.25, 0.3) is 0 Å². The lowest BCUT2D eigenvalue weighted by molar-refractivity contribution is -0.0715. The monoisotopic (exact) mass is 218 g/mol. The summed E-state index contributed by atoms with van der Waals surface area (Å²) in [5.41, 5.74) is 1.24. The van der Waals surface area contributed by atoms with Crippen molar-refractivity contribution >= 4 is 0 Å². The van der Waals surface area contributed by atoms with Gasteiger partial charge < -0.3 is 5.11 Å². The van der Waals surface area contributed by atoms with Gasteiger partial charge in [0, 0.05) is 18.4 Å². The molecular weight excluding hydrogens is 200 g/mol. The molecule has 3 saturated heterocycles. The Morgan fingerprint density at radius 1 is 1.38 bits per heavy atom. The van der Waals surface area contributed by atoms with Gasteiger partial charge in [0.05, 0.1) is 6.10 Å². The van der Waals surface area contributed by atoms with E-state index in [9.17, 15) is 5.11 Å². The van der Waals surface area contributed by atoms with E-state index in [-0.39, 0.29) is 6.10 Å². The van der Waals surface area contributed by atoms with E-state index in [0.29, 0.717) is 12.0 Å². The molecule has 1 N–H and O–H groups in total. The molecule has 0 aromatic carbocycles. The van der Waals surface area contributed by atoms with Crippen molar-refractivity contribution in [2.75, 3.05) is 13.1 Å². The number of nitrogens with zero attached hydrogens (tertiary/aromatic N) is 2. The van der Waals surface area contributed by atoms with E-state index in [2.05, 4.69) is 16.0 Å². The number of aliphatic hydroxyl groups excluding tert-OH is 1. The second-order valence-corrected chi connectivity index (χ2v) is 5.00. The van der Waals surface area contributed by atoms with E-state index in [1.54, 1.807) is 6.20 Å². The SMILES string of the molecule is O[C@H]1C2CCN(CC2)[C@H]1Cc1cccnc1. The van der Waals surface area contributed by atoms with Gasteiger partial charge in [0.15, 0.2) is 0 Å². The van der Waals surface area contributed by atoms with E-state index in [1.807, 2.05) is 12.3 Å². The lowest BCUT2D eigenvalue weighted by Crippen LogP contribution is -2.58. The third-order valence-electron chi connectivity index (χ3n) is 4.09. The zero-order valence-electron chi connectivity index (χ0n) is 9.42. The van der Waals surface area contributed by atoms with Crippen LogP contribution >= 0.6 is 0 Å². The molecule has 3 aliphatic heterocycles. The molecule has 2 atom stereocenters. The van der Waals surface area contributed by atoms with Crippen LogP contribution in [-0.4, -0.2) is 40.2 Å². The molecule has 4 heterocycles. The molecule has 3 fully saturated rings. The summed E-state index contributed by atoms with van der Waals surface area (Å²) in [5.74, 6) is 0.534. The van der Waals surface area contributed by atoms with E-state index < -0.39 is 0 Å². The molecule has 1 aromatic heterocycles. The van der Waals surface area contributed by atoms with Crippen LogP contribution in [0.25, 0.3) is 0 Å². The largest absolute Gasteiger partial charge is 0.391 e. The number of piperidine rings is 3. The van der Waals surface area contributed by atoms with Gasteiger partial charge in [-0.1, -0.05) is 6.07 Å². The van der Waals surface area contributed by atoms with Crippen LogP contribution in [0, 0.1) is 5.92 Å². The molecule has 4 rings (SSSR count). The van der Waals surface area contributed by atoms with Gasteiger partial charge in [-0.15, -0.1) is 0 Å². The highest BCUT2D eigenvalue weighted by atomic mass is 16.3. The van der Waals surface area contributed by atoms with Crippen LogP contribution in [0.15, 0.2) is 24.5 Å². The van der Waals surface area contributed by atoms with Crippen molar-refractivity contribution in [1.29, 1.82) is 0 Å². The molecule has 3 aliphatic rings. The summed E-state index contributed by atoms with van der Waals surface area (Å²) in [6, 6.07) is 4.39. The van der Waals surface area contributed by atoms with Crippen LogP contribution in [-0.2, 0) is 6.42 Å². The Kier molecular flexibility index (Phi) is 2.65. The highest BCUT2D eigenvalue weighted by Crippen LogP contribution is 2.33. The molecule has 0 aliphatic carbocycles. The Balaban J connectivity index is 1.75. The summed E-state index contributed by atoms with van der Waals surface area (Å²) < 4.78 is 0. The minimum absolute atomic E-state index is 0.136. The average molecular weight is 218 g/mol. The molecule has 3 heteroatoms. The van der Waals surface area contributed by atoms with Gasteiger partial charge in [-0.05, 0) is 49.9 Å². The van der Waals surface area contributed by atoms with Gasteiger partial charge in [0.2, 0.25) is 0 Å². The van der Waals surface area contributed by atoms with Gasteiger partial charge in [-0.2, -0.15) is 0 Å². The summed E-state index contributed by atoms with van der Waals surface area (Å²) in [6.45, 7) is 2.32. The first-order valence-electron chi connectivity index (χ1n) is 6.15. The highest BCUT2D eigenvalue weighted by molar-refractivity contribution is 5.12. The van der Waals surface area contributed by atoms with Crippen LogP contribution < -0.4 is 0 Å². The van der Waals surface area contributed by atoms with E-state index in [1.165, 1.54) is 18.4 Å². The van der Waals surface area contributed by atoms with Crippen molar-refractivity contribution in [3.8, 4) is 0 Å². The average Bonchev–Trinajstić information content (AvgIpc) is 2.36. The molecule has 16 heavy (non-hydrogen) atoms. The van der Waals surface area contributed by atoms with Crippen molar-refractivity contribution < 1.29 is 5.11 Å². The lowest BCUT2D eigenvalue weighted by Gasteiger charge is -2.49. The van der Waals surface area contributed by atoms with Crippen LogP contribution in [0.4, 0.5) is 0 Å². The van der Waals surface area contributed by atoms with E-state index >= 15 is 0 Å². The molecule has 0 saturated carbocycles. The highest BCUT2D eigenvalue weighted by Gasteiger charge is 2.40. The maximum Gasteiger partial charge on any atom is 0.0727 e. The predicted octanol–water partition coefficient (Wildman–Crippen LogP) is 1.08. The zero-order chi connectivity index (χ0) is 11.0. The Morgan fingerprint density at radius 3 is 2.81 bits per heavy atom. The second kappa shape index (κ2) is 4.15. The van der Waals surface area contributed by atoms with Crippen LogP contribution in [0.5, 0.6) is 0 Å². The number of pyridine rings is 1. The topological polar surface area (TPSA) is 36.4 Å². The molecule has 0 amide bonds. The number of hydrogen-bond donors (Lipinski definition) is 1. The van der Waals surface area contributed by atoms with E-state index in [0.717, 1.165) is 19.5 Å². The molecule has 3 nitrogen and oxygen atoms in total. The third-order valence-corrected chi connectivity index (χ3v) is 4.09. The maximum atomic E-state index is 10.3. The Hall–Kier alpha value is -0.930. The van der Waals surface area contributed by atoms with Crippen LogP contribution in [0.3, 0.4) is 0 Å². The first-order valence-corrected chi connectivity index (χ1v) is 6.15. The van der Waals surface area contributed by atoms with Crippen LogP contribution in [0.2, 0.25) is 0 Å². The smallest absolute Gasteiger partial charge is 0.0727 e. The molecule has 86 valence electrons. The molecule has 0 spiro atoms. The zero-order valence-corrected chi connectivity index (χ0v) is 9.42. The van der Waals surface area contributed by atoms with Crippen molar-refractivity contribution in [3.05, 3.63) is 30.1 Å². The summed E-state index contributed by atoms with van der Waals surface area (Å²) in [5, 5.41) is 10.3. The summed E-state index contributed by atoms with van der Waals surface area (Å²) >= 11 is 0. The lowest BCUT2D eigenvalue weighted by atomic mass is 9.79. The fraction of sp³-hybridized carbons (Fsp3) is 0.615. The quantitative estimate of drug-likeness (QED) is 0.807. The van der Waals surface area contributed by atoms with Gasteiger partial charge in [0.1, 0.15) is 0 Å². The maximum absolute atomic E-state index is 10.3. The van der Waals surface area contributed by atoms with Gasteiger partial charge in [-0.25, -0.2) is 0 Å². The van der Waals surface area contributed by atoms with Crippen LogP contribution in [0.1, 0.15) is 18.4 Å².